The number of imidazole rings is 1. The Balaban J connectivity index is 1.83. The molecule has 1 N–H and O–H groups in total. The number of aromatic nitrogens is 3. The second-order valence-corrected chi connectivity index (χ2v) is 7.40. The van der Waals surface area contributed by atoms with Crippen molar-refractivity contribution in [2.24, 2.45) is 0 Å². The van der Waals surface area contributed by atoms with Gasteiger partial charge in [0.25, 0.3) is 5.56 Å². The summed E-state index contributed by atoms with van der Waals surface area (Å²) in [6.45, 7) is 7.13. The molecule has 2 aromatic heterocycles. The summed E-state index contributed by atoms with van der Waals surface area (Å²) in [5.74, 6) is -3.36. The van der Waals surface area contributed by atoms with Gasteiger partial charge in [0.1, 0.15) is 29.0 Å². The molecular weight excluding hydrogens is 448 g/mol. The van der Waals surface area contributed by atoms with Crippen molar-refractivity contribution in [3.05, 3.63) is 112 Å². The molecule has 0 spiro atoms. The molecule has 0 aliphatic carbocycles. The van der Waals surface area contributed by atoms with E-state index in [9.17, 15) is 22.4 Å². The molecule has 0 atom stereocenters. The summed E-state index contributed by atoms with van der Waals surface area (Å²) >= 11 is 0. The average molecular weight is 460 g/mol. The predicted octanol–water partition coefficient (Wildman–Crippen LogP) is 6.13. The summed E-state index contributed by atoms with van der Waals surface area (Å²) in [7, 11) is 0. The first kappa shape index (κ1) is 21.2. The monoisotopic (exact) mass is 460 g/mol. The zero-order valence-corrected chi connectivity index (χ0v) is 17.1. The number of nitrogens with zero attached hydrogens (tertiary/aromatic N) is 3. The van der Waals surface area contributed by atoms with Gasteiger partial charge in [-0.05, 0) is 29.8 Å². The Bertz CT molecular complexity index is 1680. The maximum atomic E-state index is 14.7. The largest absolute Gasteiger partial charge is 0.324 e. The van der Waals surface area contributed by atoms with Crippen LogP contribution >= 0.6 is 0 Å². The molecule has 0 amide bonds. The minimum atomic E-state index is -0.889. The Morgan fingerprint density at radius 2 is 1.44 bits per heavy atom. The highest BCUT2D eigenvalue weighted by Crippen LogP contribution is 2.34. The molecule has 0 unspecified atom stereocenters. The van der Waals surface area contributed by atoms with Gasteiger partial charge in [-0.25, -0.2) is 31.8 Å². The summed E-state index contributed by atoms with van der Waals surface area (Å²) in [6.07, 6.45) is 0. The quantitative estimate of drug-likeness (QED) is 0.260. The third kappa shape index (κ3) is 3.51. The van der Waals surface area contributed by atoms with E-state index in [-0.39, 0.29) is 34.0 Å². The van der Waals surface area contributed by atoms with E-state index in [0.29, 0.717) is 23.4 Å². The maximum Gasteiger partial charge on any atom is 0.260 e. The van der Waals surface area contributed by atoms with Gasteiger partial charge in [0.05, 0.1) is 18.0 Å². The van der Waals surface area contributed by atoms with Crippen LogP contribution in [0.15, 0.2) is 71.5 Å². The van der Waals surface area contributed by atoms with E-state index < -0.39 is 28.8 Å². The normalized spacial score (nSPS) is 11.0. The number of halogens is 4. The summed E-state index contributed by atoms with van der Waals surface area (Å²) in [6, 6.07) is 13.2. The molecule has 0 fully saturated rings. The van der Waals surface area contributed by atoms with Crippen LogP contribution in [-0.4, -0.2) is 14.4 Å². The van der Waals surface area contributed by atoms with E-state index >= 15 is 0 Å². The molecule has 0 radical (unpaired) electrons. The number of hydrogen-bond acceptors (Lipinski definition) is 2. The Hall–Kier alpha value is -4.71. The molecule has 5 nitrogen and oxygen atoms in total. The molecule has 9 heteroatoms. The van der Waals surface area contributed by atoms with Crippen molar-refractivity contribution < 1.29 is 17.6 Å². The summed E-state index contributed by atoms with van der Waals surface area (Å²) < 4.78 is 57.1. The Labute approximate surface area is 189 Å². The highest BCUT2D eigenvalue weighted by Gasteiger charge is 2.22. The molecular formula is C25H12F4N4O. The number of fused-ring (bicyclic) bond motifs is 1. The van der Waals surface area contributed by atoms with Crippen LogP contribution in [0, 0.1) is 29.8 Å². The average Bonchev–Trinajstić information content (AvgIpc) is 3.19. The Kier molecular flexibility index (Phi) is 4.98. The molecule has 5 aromatic rings. The van der Waals surface area contributed by atoms with E-state index in [4.69, 9.17) is 6.57 Å². The Morgan fingerprint density at radius 1 is 0.824 bits per heavy atom. The van der Waals surface area contributed by atoms with Crippen LogP contribution in [0.25, 0.3) is 44.4 Å². The highest BCUT2D eigenvalue weighted by molar-refractivity contribution is 5.82. The standard InChI is InChI=1S/C25H12F4N4O/c1-30-16-6-2-13(3-7-16)24-23(18-9-5-15(27)11-20(18)29)32-25-31-21(12-22(34)33(24)25)17-8-4-14(26)10-19(17)28/h2-12H,(H,31,32). The zero-order valence-electron chi connectivity index (χ0n) is 17.1. The SMILES string of the molecule is [C-]#[N+]c1ccc(-c2c(-c3ccc(F)cc3F)nc3[nH]c(-c4ccc(F)cc4F)cc(=O)n23)cc1. The second kappa shape index (κ2) is 8.01. The maximum absolute atomic E-state index is 14.7. The van der Waals surface area contributed by atoms with Gasteiger partial charge in [0.2, 0.25) is 5.78 Å². The van der Waals surface area contributed by atoms with Gasteiger partial charge in [0, 0.05) is 29.3 Å². The number of hydrogen-bond donors (Lipinski definition) is 1. The molecule has 5 rings (SSSR count). The molecule has 3 aromatic carbocycles. The van der Waals surface area contributed by atoms with E-state index in [1.165, 1.54) is 28.7 Å². The van der Waals surface area contributed by atoms with E-state index in [1.54, 1.807) is 12.1 Å². The fourth-order valence-electron chi connectivity index (χ4n) is 3.75. The molecule has 2 heterocycles. The van der Waals surface area contributed by atoms with Crippen molar-refractivity contribution in [3.63, 3.8) is 0 Å². The van der Waals surface area contributed by atoms with Crippen molar-refractivity contribution in [1.29, 1.82) is 0 Å². The summed E-state index contributed by atoms with van der Waals surface area (Å²) in [5, 5.41) is 0. The van der Waals surface area contributed by atoms with Crippen LogP contribution in [0.3, 0.4) is 0 Å². The number of nitrogens with one attached hydrogen (secondary N) is 1. The Morgan fingerprint density at radius 3 is 2.03 bits per heavy atom. The molecule has 0 saturated carbocycles. The van der Waals surface area contributed by atoms with Crippen LogP contribution in [0.4, 0.5) is 23.2 Å². The number of H-pyrrole nitrogens is 1. The van der Waals surface area contributed by atoms with Gasteiger partial charge in [-0.1, -0.05) is 24.3 Å². The topological polar surface area (TPSA) is 54.5 Å². The van der Waals surface area contributed by atoms with Crippen LogP contribution in [0.5, 0.6) is 0 Å². The zero-order chi connectivity index (χ0) is 24.0. The van der Waals surface area contributed by atoms with Crippen molar-refractivity contribution >= 4 is 11.5 Å². The lowest BCUT2D eigenvalue weighted by Gasteiger charge is -2.08. The van der Waals surface area contributed by atoms with Crippen molar-refractivity contribution in [1.82, 2.24) is 14.4 Å². The predicted molar refractivity (Wildman–Crippen MR) is 118 cm³/mol. The van der Waals surface area contributed by atoms with Gasteiger partial charge in [-0.15, -0.1) is 0 Å². The minimum Gasteiger partial charge on any atom is -0.324 e. The van der Waals surface area contributed by atoms with E-state index in [1.807, 2.05) is 0 Å². The van der Waals surface area contributed by atoms with Crippen LogP contribution in [-0.2, 0) is 0 Å². The van der Waals surface area contributed by atoms with Crippen LogP contribution in [0.2, 0.25) is 0 Å². The van der Waals surface area contributed by atoms with Crippen molar-refractivity contribution in [2.45, 2.75) is 0 Å². The van der Waals surface area contributed by atoms with Gasteiger partial charge in [0.15, 0.2) is 5.69 Å². The lowest BCUT2D eigenvalue weighted by atomic mass is 10.0. The minimum absolute atomic E-state index is 0.0331. The molecule has 166 valence electrons. The molecule has 0 saturated heterocycles. The molecule has 0 aliphatic rings. The molecule has 0 aliphatic heterocycles. The lowest BCUT2D eigenvalue weighted by Crippen LogP contribution is -2.14. The third-order valence-electron chi connectivity index (χ3n) is 5.29. The number of aromatic amines is 1. The van der Waals surface area contributed by atoms with Crippen LogP contribution in [0.1, 0.15) is 0 Å². The number of benzene rings is 3. The van der Waals surface area contributed by atoms with Crippen LogP contribution < -0.4 is 5.56 Å². The van der Waals surface area contributed by atoms with Gasteiger partial charge >= 0.3 is 0 Å². The highest BCUT2D eigenvalue weighted by atomic mass is 19.1. The van der Waals surface area contributed by atoms with Gasteiger partial charge in [-0.2, -0.15) is 0 Å². The van der Waals surface area contributed by atoms with Crippen molar-refractivity contribution in [3.8, 4) is 33.8 Å². The second-order valence-electron chi connectivity index (χ2n) is 7.40. The van der Waals surface area contributed by atoms with Crippen molar-refractivity contribution in [2.75, 3.05) is 0 Å². The smallest absolute Gasteiger partial charge is 0.260 e. The first-order valence-corrected chi connectivity index (χ1v) is 9.90. The van der Waals surface area contributed by atoms with E-state index in [0.717, 1.165) is 18.2 Å². The summed E-state index contributed by atoms with van der Waals surface area (Å²) in [5.41, 5.74) is 0.361. The summed E-state index contributed by atoms with van der Waals surface area (Å²) in [4.78, 5) is 23.7. The molecule has 34 heavy (non-hydrogen) atoms. The number of rotatable bonds is 3. The van der Waals surface area contributed by atoms with Gasteiger partial charge in [-0.3, -0.25) is 4.79 Å². The first-order valence-electron chi connectivity index (χ1n) is 9.90. The van der Waals surface area contributed by atoms with E-state index in [2.05, 4.69) is 14.8 Å². The fraction of sp³-hybridized carbons (Fsp3) is 0. The lowest BCUT2D eigenvalue weighted by molar-refractivity contribution is 0.584. The third-order valence-corrected chi connectivity index (χ3v) is 5.29. The fourth-order valence-corrected chi connectivity index (χ4v) is 3.75. The van der Waals surface area contributed by atoms with Gasteiger partial charge < -0.3 is 4.98 Å². The first-order chi connectivity index (χ1) is 16.4. The molecule has 0 bridgehead atoms.